The van der Waals surface area contributed by atoms with E-state index in [1.165, 1.54) is 121 Å². The number of carbonyl (C=O) groups is 1. The molecule has 2 nitrogen and oxygen atoms in total. The molecule has 0 N–H and O–H groups in total. The summed E-state index contributed by atoms with van der Waals surface area (Å²) < 4.78 is 6.13. The molecule has 256 valence electrons. The second kappa shape index (κ2) is 17.7. The van der Waals surface area contributed by atoms with Crippen LogP contribution in [0.1, 0.15) is 189 Å². The monoisotopic (exact) mass is 621 g/mol. The van der Waals surface area contributed by atoms with Gasteiger partial charge in [0.05, 0.1) is 0 Å². The zero-order valence-corrected chi connectivity index (χ0v) is 30.7. The number of rotatable bonds is 18. The van der Waals surface area contributed by atoms with Gasteiger partial charge >= 0.3 is 5.97 Å². The van der Waals surface area contributed by atoms with Gasteiger partial charge in [0.25, 0.3) is 0 Å². The highest BCUT2D eigenvalue weighted by Gasteiger charge is 2.56. The van der Waals surface area contributed by atoms with Crippen molar-refractivity contribution in [2.75, 3.05) is 0 Å². The van der Waals surface area contributed by atoms with Crippen LogP contribution in [0.2, 0.25) is 0 Å². The van der Waals surface area contributed by atoms with Gasteiger partial charge in [-0.2, -0.15) is 0 Å². The van der Waals surface area contributed by atoms with Crippen LogP contribution in [0.5, 0.6) is 0 Å². The van der Waals surface area contributed by atoms with E-state index in [0.717, 1.165) is 43.4 Å². The molecule has 2 heteroatoms. The number of hydrogen-bond acceptors (Lipinski definition) is 2. The fourth-order valence-electron chi connectivity index (χ4n) is 10.6. The maximum Gasteiger partial charge on any atom is 0.306 e. The van der Waals surface area contributed by atoms with Crippen LogP contribution in [-0.2, 0) is 9.53 Å². The normalized spacial score (nSPS) is 31.8. The lowest BCUT2D eigenvalue weighted by Gasteiger charge is -2.55. The summed E-state index contributed by atoms with van der Waals surface area (Å²) in [4.78, 5) is 12.8. The van der Waals surface area contributed by atoms with Gasteiger partial charge in [0.1, 0.15) is 6.10 Å². The summed E-state index contributed by atoms with van der Waals surface area (Å²) in [5.41, 5.74) is 6.08. The zero-order valence-electron chi connectivity index (χ0n) is 30.7. The summed E-state index contributed by atoms with van der Waals surface area (Å²) in [6.45, 7) is 14.6. The average molecular weight is 621 g/mol. The van der Waals surface area contributed by atoms with E-state index in [0.29, 0.717) is 23.2 Å². The highest BCUT2D eigenvalue weighted by Crippen LogP contribution is 2.66. The van der Waals surface area contributed by atoms with Crippen molar-refractivity contribution in [3.05, 3.63) is 34.9 Å². The summed E-state index contributed by atoms with van der Waals surface area (Å²) in [7, 11) is 0. The Morgan fingerprint density at radius 1 is 0.867 bits per heavy atom. The van der Waals surface area contributed by atoms with Crippen molar-refractivity contribution < 1.29 is 9.53 Å². The molecule has 7 atom stereocenters. The van der Waals surface area contributed by atoms with Crippen molar-refractivity contribution in [3.63, 3.8) is 0 Å². The Balaban J connectivity index is 1.17. The smallest absolute Gasteiger partial charge is 0.306 e. The van der Waals surface area contributed by atoms with E-state index in [2.05, 4.69) is 59.8 Å². The highest BCUT2D eigenvalue weighted by atomic mass is 16.5. The third kappa shape index (κ3) is 9.63. The minimum absolute atomic E-state index is 0.0643. The van der Waals surface area contributed by atoms with Gasteiger partial charge in [0.15, 0.2) is 0 Å². The van der Waals surface area contributed by atoms with Crippen molar-refractivity contribution in [1.82, 2.24) is 0 Å². The third-order valence-corrected chi connectivity index (χ3v) is 13.3. The average Bonchev–Trinajstić information content (AvgIpc) is 3.37. The lowest BCUT2D eigenvalue weighted by Crippen LogP contribution is -2.46. The molecule has 0 aromatic rings. The maximum atomic E-state index is 12.8. The molecule has 0 amide bonds. The summed E-state index contributed by atoms with van der Waals surface area (Å²) in [5.74, 6) is 3.29. The minimum Gasteiger partial charge on any atom is -0.462 e. The molecule has 0 saturated heterocycles. The maximum absolute atomic E-state index is 12.8. The number of ether oxygens (including phenoxy) is 1. The Kier molecular flexibility index (Phi) is 14.4. The Morgan fingerprint density at radius 3 is 2.31 bits per heavy atom. The molecule has 0 aromatic carbocycles. The molecule has 0 spiro atoms. The molecular weight excluding hydrogens is 548 g/mol. The van der Waals surface area contributed by atoms with E-state index in [-0.39, 0.29) is 12.1 Å². The van der Waals surface area contributed by atoms with Gasteiger partial charge < -0.3 is 4.74 Å². The molecule has 4 aliphatic rings. The summed E-state index contributed by atoms with van der Waals surface area (Å²) in [6, 6.07) is 0. The number of fused-ring (bicyclic) bond motifs is 4. The largest absolute Gasteiger partial charge is 0.462 e. The molecule has 0 aromatic heterocycles. The van der Waals surface area contributed by atoms with Gasteiger partial charge in [-0.3, -0.25) is 4.79 Å². The predicted molar refractivity (Wildman–Crippen MR) is 193 cm³/mol. The van der Waals surface area contributed by atoms with Gasteiger partial charge in [-0.15, -0.1) is 0 Å². The fraction of sp³-hybridized carbons (Fsp3) is 0.837. The molecule has 4 rings (SSSR count). The van der Waals surface area contributed by atoms with E-state index >= 15 is 0 Å². The zero-order chi connectivity index (χ0) is 32.3. The molecule has 0 radical (unpaired) electrons. The predicted octanol–water partition coefficient (Wildman–Crippen LogP) is 13.3. The topological polar surface area (TPSA) is 26.3 Å². The van der Waals surface area contributed by atoms with Gasteiger partial charge in [0, 0.05) is 6.42 Å². The first-order valence-corrected chi connectivity index (χ1v) is 19.9. The molecule has 4 aliphatic carbocycles. The standard InChI is InChI=1S/C43H72O2/c1-7-8-9-10-11-12-13-14-15-16-17-18-19-23-41(44)45-36-28-30-42(5)35(32-36)24-25-37-39-27-26-38(34(4)22-20-21-33(2)3)43(39,6)31-29-40(37)42/h12-13,21,34-36,38-39H,7-11,14-20,22-32H2,1-6H3/b13-12+/t34-,35+,36+,38-,39+,42+,43-/m1/s1. The highest BCUT2D eigenvalue weighted by molar-refractivity contribution is 5.69. The van der Waals surface area contributed by atoms with Crippen LogP contribution in [0.25, 0.3) is 0 Å². The van der Waals surface area contributed by atoms with Gasteiger partial charge in [-0.1, -0.05) is 101 Å². The number of hydrogen-bond donors (Lipinski definition) is 0. The molecule has 45 heavy (non-hydrogen) atoms. The molecule has 0 bridgehead atoms. The Bertz CT molecular complexity index is 1010. The van der Waals surface area contributed by atoms with Crippen LogP contribution in [0.15, 0.2) is 34.9 Å². The summed E-state index contributed by atoms with van der Waals surface area (Å²) >= 11 is 0. The Hall–Kier alpha value is -1.31. The summed E-state index contributed by atoms with van der Waals surface area (Å²) in [5, 5.41) is 0. The van der Waals surface area contributed by atoms with Crippen LogP contribution >= 0.6 is 0 Å². The number of unbranched alkanes of at least 4 members (excludes halogenated alkanes) is 9. The SMILES string of the molecule is CCCCCC/C=C/CCCCCCCC(=O)O[C@H]1CC[C@]2(C)C3=C(CC[C@H]2C1)[C@@H]1CC[C@H]([C@H](C)CCC=C(C)C)[C@@]1(C)CC3. The van der Waals surface area contributed by atoms with Crippen molar-refractivity contribution in [1.29, 1.82) is 0 Å². The van der Waals surface area contributed by atoms with Crippen LogP contribution in [0.3, 0.4) is 0 Å². The first-order chi connectivity index (χ1) is 21.7. The number of carbonyl (C=O) groups excluding carboxylic acids is 1. The molecule has 0 unspecified atom stereocenters. The minimum atomic E-state index is 0.0643. The third-order valence-electron chi connectivity index (χ3n) is 13.3. The fourth-order valence-corrected chi connectivity index (χ4v) is 10.6. The molecule has 2 saturated carbocycles. The van der Waals surface area contributed by atoms with E-state index in [4.69, 9.17) is 4.74 Å². The van der Waals surface area contributed by atoms with Crippen molar-refractivity contribution in [3.8, 4) is 0 Å². The van der Waals surface area contributed by atoms with E-state index in [1.807, 2.05) is 11.1 Å². The second-order valence-electron chi connectivity index (χ2n) is 16.7. The quantitative estimate of drug-likeness (QED) is 0.0865. The first kappa shape index (κ1) is 36.5. The van der Waals surface area contributed by atoms with Gasteiger partial charge in [-0.05, 0) is 151 Å². The van der Waals surface area contributed by atoms with E-state index in [1.54, 1.807) is 0 Å². The molecular formula is C43H72O2. The van der Waals surface area contributed by atoms with Crippen LogP contribution in [0.4, 0.5) is 0 Å². The summed E-state index contributed by atoms with van der Waals surface area (Å²) in [6.07, 6.45) is 36.0. The van der Waals surface area contributed by atoms with Gasteiger partial charge in [0.2, 0.25) is 0 Å². The molecule has 0 heterocycles. The van der Waals surface area contributed by atoms with Crippen molar-refractivity contribution in [2.45, 2.75) is 195 Å². The lowest BCUT2D eigenvalue weighted by atomic mass is 9.50. The van der Waals surface area contributed by atoms with Crippen molar-refractivity contribution in [2.24, 2.45) is 34.5 Å². The second-order valence-corrected chi connectivity index (χ2v) is 16.7. The Morgan fingerprint density at radius 2 is 1.58 bits per heavy atom. The lowest BCUT2D eigenvalue weighted by molar-refractivity contribution is -0.153. The Labute approximate surface area is 279 Å². The molecule has 0 aliphatic heterocycles. The van der Waals surface area contributed by atoms with Crippen LogP contribution in [0, 0.1) is 34.5 Å². The van der Waals surface area contributed by atoms with Crippen LogP contribution in [-0.4, -0.2) is 12.1 Å². The number of allylic oxidation sites excluding steroid dienone is 6. The molecule has 2 fully saturated rings. The first-order valence-electron chi connectivity index (χ1n) is 19.9. The van der Waals surface area contributed by atoms with Crippen LogP contribution < -0.4 is 0 Å². The van der Waals surface area contributed by atoms with E-state index in [9.17, 15) is 4.79 Å². The van der Waals surface area contributed by atoms with Crippen molar-refractivity contribution >= 4 is 5.97 Å². The number of esters is 1. The van der Waals surface area contributed by atoms with Gasteiger partial charge in [-0.25, -0.2) is 0 Å². The van der Waals surface area contributed by atoms with E-state index < -0.39 is 0 Å².